The maximum Gasteiger partial charge on any atom is 0.304 e. The summed E-state index contributed by atoms with van der Waals surface area (Å²) < 4.78 is 0. The first-order valence-electron chi connectivity index (χ1n) is 6.99. The van der Waals surface area contributed by atoms with E-state index >= 15 is 0 Å². The fourth-order valence-corrected chi connectivity index (χ4v) is 2.81. The summed E-state index contributed by atoms with van der Waals surface area (Å²) in [5, 5.41) is 10.4. The second-order valence-corrected chi connectivity index (χ2v) is 5.35. The van der Waals surface area contributed by atoms with E-state index in [1.807, 2.05) is 49.5 Å². The number of carboxylic acids is 1. The molecule has 106 valence electrons. The molecular weight excluding hydrogens is 262 g/mol. The van der Waals surface area contributed by atoms with E-state index in [0.717, 1.165) is 22.0 Å². The van der Waals surface area contributed by atoms with Crippen molar-refractivity contribution in [2.24, 2.45) is 0 Å². The minimum atomic E-state index is -0.786. The van der Waals surface area contributed by atoms with Crippen molar-refractivity contribution >= 4 is 16.9 Å². The monoisotopic (exact) mass is 279 g/mol. The molecule has 1 atom stereocenters. The molecule has 0 saturated carbocycles. The second kappa shape index (κ2) is 5.44. The number of aliphatic carboxylic acids is 1. The Bertz CT molecular complexity index is 774. The molecule has 1 heterocycles. The summed E-state index contributed by atoms with van der Waals surface area (Å²) in [5.41, 5.74) is 4.29. The number of aromatic amines is 1. The highest BCUT2D eigenvalue weighted by atomic mass is 16.4. The number of fused-ring (bicyclic) bond motifs is 1. The minimum Gasteiger partial charge on any atom is -0.481 e. The number of aromatic nitrogens is 1. The molecule has 3 heteroatoms. The van der Waals surface area contributed by atoms with Crippen molar-refractivity contribution in [2.45, 2.75) is 19.3 Å². The molecule has 0 bridgehead atoms. The summed E-state index contributed by atoms with van der Waals surface area (Å²) in [5.74, 6) is -0.926. The van der Waals surface area contributed by atoms with Gasteiger partial charge in [0.2, 0.25) is 0 Å². The van der Waals surface area contributed by atoms with Crippen LogP contribution in [0, 0.1) is 6.92 Å². The van der Waals surface area contributed by atoms with E-state index in [-0.39, 0.29) is 12.3 Å². The van der Waals surface area contributed by atoms with Gasteiger partial charge < -0.3 is 10.1 Å². The number of carboxylic acid groups (broad SMARTS) is 1. The normalized spacial score (nSPS) is 12.4. The number of benzene rings is 2. The molecule has 0 fully saturated rings. The Morgan fingerprint density at radius 2 is 1.95 bits per heavy atom. The summed E-state index contributed by atoms with van der Waals surface area (Å²) in [6, 6.07) is 16.0. The smallest absolute Gasteiger partial charge is 0.304 e. The third-order valence-electron chi connectivity index (χ3n) is 3.83. The fraction of sp³-hybridized carbons (Fsp3) is 0.167. The van der Waals surface area contributed by atoms with Gasteiger partial charge in [0, 0.05) is 23.0 Å². The van der Waals surface area contributed by atoms with Crippen LogP contribution < -0.4 is 0 Å². The molecule has 0 amide bonds. The van der Waals surface area contributed by atoms with Gasteiger partial charge in [-0.05, 0) is 30.2 Å². The molecule has 0 saturated heterocycles. The van der Waals surface area contributed by atoms with Gasteiger partial charge in [-0.1, -0.05) is 42.0 Å². The third kappa shape index (κ3) is 2.68. The SMILES string of the molecule is Cc1ccc2[nH]cc(C(CC(=O)O)c3ccccc3)c2c1. The molecule has 0 spiro atoms. The van der Waals surface area contributed by atoms with Crippen LogP contribution in [-0.4, -0.2) is 16.1 Å². The van der Waals surface area contributed by atoms with Gasteiger partial charge in [-0.2, -0.15) is 0 Å². The molecule has 0 aliphatic carbocycles. The number of H-pyrrole nitrogens is 1. The standard InChI is InChI=1S/C18H17NO2/c1-12-7-8-17-15(9-12)16(11-19-17)14(10-18(20)21)13-5-3-2-4-6-13/h2-9,11,14,19H,10H2,1H3,(H,20,21). The Morgan fingerprint density at radius 3 is 2.67 bits per heavy atom. The van der Waals surface area contributed by atoms with Gasteiger partial charge in [-0.25, -0.2) is 0 Å². The highest BCUT2D eigenvalue weighted by Gasteiger charge is 2.20. The van der Waals surface area contributed by atoms with E-state index in [1.54, 1.807) is 0 Å². The van der Waals surface area contributed by atoms with Crippen LogP contribution in [-0.2, 0) is 4.79 Å². The van der Waals surface area contributed by atoms with Crippen LogP contribution in [0.5, 0.6) is 0 Å². The Balaban J connectivity index is 2.14. The van der Waals surface area contributed by atoms with E-state index in [0.29, 0.717) is 0 Å². The van der Waals surface area contributed by atoms with Crippen molar-refractivity contribution in [1.82, 2.24) is 4.98 Å². The predicted molar refractivity (Wildman–Crippen MR) is 83.6 cm³/mol. The van der Waals surface area contributed by atoms with Gasteiger partial charge in [0.25, 0.3) is 0 Å². The molecule has 0 aliphatic heterocycles. The van der Waals surface area contributed by atoms with E-state index in [4.69, 9.17) is 0 Å². The van der Waals surface area contributed by atoms with Gasteiger partial charge in [-0.3, -0.25) is 4.79 Å². The average molecular weight is 279 g/mol. The van der Waals surface area contributed by atoms with Gasteiger partial charge in [-0.15, -0.1) is 0 Å². The van der Waals surface area contributed by atoms with Crippen LogP contribution in [0.2, 0.25) is 0 Å². The number of carbonyl (C=O) groups is 1. The lowest BCUT2D eigenvalue weighted by Crippen LogP contribution is -2.07. The van der Waals surface area contributed by atoms with Crippen LogP contribution in [0.3, 0.4) is 0 Å². The Kier molecular flexibility index (Phi) is 3.48. The first-order chi connectivity index (χ1) is 10.1. The van der Waals surface area contributed by atoms with Gasteiger partial charge in [0.1, 0.15) is 0 Å². The molecule has 3 nitrogen and oxygen atoms in total. The molecule has 21 heavy (non-hydrogen) atoms. The van der Waals surface area contributed by atoms with Crippen LogP contribution in [0.1, 0.15) is 29.0 Å². The van der Waals surface area contributed by atoms with Crippen molar-refractivity contribution in [3.8, 4) is 0 Å². The first kappa shape index (κ1) is 13.4. The van der Waals surface area contributed by atoms with E-state index < -0.39 is 5.97 Å². The van der Waals surface area contributed by atoms with Crippen molar-refractivity contribution < 1.29 is 9.90 Å². The molecule has 0 radical (unpaired) electrons. The predicted octanol–water partition coefficient (Wildman–Crippen LogP) is 4.08. The Labute approximate surface area is 123 Å². The van der Waals surface area contributed by atoms with E-state index in [1.165, 1.54) is 5.56 Å². The average Bonchev–Trinajstić information content (AvgIpc) is 2.88. The largest absolute Gasteiger partial charge is 0.481 e. The fourth-order valence-electron chi connectivity index (χ4n) is 2.81. The highest BCUT2D eigenvalue weighted by Crippen LogP contribution is 2.33. The highest BCUT2D eigenvalue weighted by molar-refractivity contribution is 5.85. The van der Waals surface area contributed by atoms with Crippen LogP contribution in [0.4, 0.5) is 0 Å². The second-order valence-electron chi connectivity index (χ2n) is 5.35. The molecule has 0 aliphatic rings. The van der Waals surface area contributed by atoms with Gasteiger partial charge in [0.15, 0.2) is 0 Å². The van der Waals surface area contributed by atoms with E-state index in [9.17, 15) is 9.90 Å². The zero-order valence-corrected chi connectivity index (χ0v) is 11.8. The Morgan fingerprint density at radius 1 is 1.19 bits per heavy atom. The molecule has 3 rings (SSSR count). The van der Waals surface area contributed by atoms with Crippen molar-refractivity contribution in [2.75, 3.05) is 0 Å². The van der Waals surface area contributed by atoms with Crippen LogP contribution >= 0.6 is 0 Å². The number of hydrogen-bond acceptors (Lipinski definition) is 1. The molecule has 1 unspecified atom stereocenters. The zero-order valence-electron chi connectivity index (χ0n) is 11.8. The summed E-state index contributed by atoms with van der Waals surface area (Å²) in [7, 11) is 0. The lowest BCUT2D eigenvalue weighted by Gasteiger charge is -2.15. The van der Waals surface area contributed by atoms with Crippen molar-refractivity contribution in [1.29, 1.82) is 0 Å². The molecule has 2 N–H and O–H groups in total. The zero-order chi connectivity index (χ0) is 14.8. The summed E-state index contributed by atoms with van der Waals surface area (Å²) in [6.07, 6.45) is 2.02. The molecular formula is C18H17NO2. The third-order valence-corrected chi connectivity index (χ3v) is 3.83. The number of rotatable bonds is 4. The van der Waals surface area contributed by atoms with Crippen molar-refractivity contribution in [3.05, 3.63) is 71.4 Å². The molecule has 3 aromatic rings. The summed E-state index contributed by atoms with van der Waals surface area (Å²) in [4.78, 5) is 14.5. The molecule has 2 aromatic carbocycles. The van der Waals surface area contributed by atoms with Crippen LogP contribution in [0.25, 0.3) is 10.9 Å². The summed E-state index contributed by atoms with van der Waals surface area (Å²) in [6.45, 7) is 2.05. The topological polar surface area (TPSA) is 53.1 Å². The maximum absolute atomic E-state index is 11.3. The summed E-state index contributed by atoms with van der Waals surface area (Å²) >= 11 is 0. The van der Waals surface area contributed by atoms with Gasteiger partial charge in [0.05, 0.1) is 6.42 Å². The Hall–Kier alpha value is -2.55. The lowest BCUT2D eigenvalue weighted by atomic mass is 9.88. The van der Waals surface area contributed by atoms with Crippen LogP contribution in [0.15, 0.2) is 54.7 Å². The minimum absolute atomic E-state index is 0.0882. The quantitative estimate of drug-likeness (QED) is 0.756. The maximum atomic E-state index is 11.3. The first-order valence-corrected chi connectivity index (χ1v) is 6.99. The van der Waals surface area contributed by atoms with Crippen molar-refractivity contribution in [3.63, 3.8) is 0 Å². The number of aryl methyl sites for hydroxylation is 1. The molecule has 1 aromatic heterocycles. The number of hydrogen-bond donors (Lipinski definition) is 2. The lowest BCUT2D eigenvalue weighted by molar-refractivity contribution is -0.137. The van der Waals surface area contributed by atoms with Gasteiger partial charge >= 0.3 is 5.97 Å². The number of nitrogens with one attached hydrogen (secondary N) is 1. The van der Waals surface area contributed by atoms with E-state index in [2.05, 4.69) is 17.1 Å².